The van der Waals surface area contributed by atoms with Gasteiger partial charge in [0.05, 0.1) is 37.6 Å². The molecule has 0 aliphatic carbocycles. The first-order chi connectivity index (χ1) is 34.6. The summed E-state index contributed by atoms with van der Waals surface area (Å²) in [5.41, 5.74) is 2.02. The first kappa shape index (κ1) is 51.1. The lowest BCUT2D eigenvalue weighted by atomic mass is 9.87. The lowest BCUT2D eigenvalue weighted by molar-refractivity contribution is -0.753. The second-order valence-corrected chi connectivity index (χ2v) is 18.6. The number of nitrogens with zero attached hydrogens (tertiary/aromatic N) is 11. The number of hydrogen-bond acceptors (Lipinski definition) is 14. The predicted octanol–water partition coefficient (Wildman–Crippen LogP) is 5.26. The molecular formula is C51H62F2N11O8+. The van der Waals surface area contributed by atoms with Gasteiger partial charge in [-0.3, -0.25) is 14.6 Å². The van der Waals surface area contributed by atoms with E-state index in [1.807, 2.05) is 55.5 Å². The third kappa shape index (κ3) is 11.7. The van der Waals surface area contributed by atoms with Crippen molar-refractivity contribution >= 4 is 29.3 Å². The van der Waals surface area contributed by atoms with Gasteiger partial charge >= 0.3 is 17.8 Å². The van der Waals surface area contributed by atoms with Gasteiger partial charge in [0.2, 0.25) is 12.6 Å². The number of carbonyl (C=O) groups is 2. The standard InChI is InChI=1S/C51H62F2N11O8/c1-7-46(35(2)65)64-49(67)63(33-56-64)42-13-11-40(12-14-42)59-21-23-60(24-22-59)41-15-17-43(18-16-41)69-28-37-26-51(71-29-37,44-19-10-39(52)25-45(44)53)31-62-34-61(32-55-62)36(3)72-50(68)58(6)48-38(9-8-20-54-48)30-70-47(66)27-57(4)5/h8-20,25,32-37,46,65H,7,21-24,26-31H2,1-6H3/q+1/t35-,36?,37+,46-,51-/m0/s1. The van der Waals surface area contributed by atoms with Crippen LogP contribution in [0.3, 0.4) is 0 Å². The molecule has 1 amide bonds. The fourth-order valence-electron chi connectivity index (χ4n) is 9.21. The van der Waals surface area contributed by atoms with E-state index in [4.69, 9.17) is 18.9 Å². The molecule has 3 aromatic carbocycles. The van der Waals surface area contributed by atoms with Crippen LogP contribution in [-0.2, 0) is 37.8 Å². The molecule has 21 heteroatoms. The van der Waals surface area contributed by atoms with Crippen molar-refractivity contribution < 1.29 is 47.0 Å². The van der Waals surface area contributed by atoms with Crippen LogP contribution in [0.25, 0.3) is 5.69 Å². The minimum absolute atomic E-state index is 0.0650. The summed E-state index contributed by atoms with van der Waals surface area (Å²) in [5, 5.41) is 18.9. The zero-order chi connectivity index (χ0) is 51.1. The van der Waals surface area contributed by atoms with E-state index < -0.39 is 47.7 Å². The van der Waals surface area contributed by atoms with E-state index in [1.54, 1.807) is 60.6 Å². The predicted molar refractivity (Wildman–Crippen MR) is 262 cm³/mol. The van der Waals surface area contributed by atoms with Gasteiger partial charge < -0.3 is 33.9 Å². The van der Waals surface area contributed by atoms with Gasteiger partial charge in [-0.25, -0.2) is 32.6 Å². The first-order valence-corrected chi connectivity index (χ1v) is 24.0. The number of likely N-dealkylation sites (N-methyl/N-ethyl adjacent to an activating group) is 1. The summed E-state index contributed by atoms with van der Waals surface area (Å²) in [7, 11) is 5.02. The number of hydrogen-bond donors (Lipinski definition) is 1. The van der Waals surface area contributed by atoms with Crippen molar-refractivity contribution in [1.82, 2.24) is 34.0 Å². The number of ether oxygens (including phenoxy) is 4. The molecule has 1 unspecified atom stereocenters. The van der Waals surface area contributed by atoms with Crippen molar-refractivity contribution in [2.45, 2.75) is 70.7 Å². The molecule has 72 heavy (non-hydrogen) atoms. The summed E-state index contributed by atoms with van der Waals surface area (Å²) in [6.45, 7) is 9.07. The first-order valence-electron chi connectivity index (χ1n) is 24.0. The highest BCUT2D eigenvalue weighted by atomic mass is 19.1. The highest BCUT2D eigenvalue weighted by Gasteiger charge is 2.46. The normalized spacial score (nSPS) is 18.2. The molecule has 6 aromatic rings. The van der Waals surface area contributed by atoms with Crippen LogP contribution in [0.1, 0.15) is 57.0 Å². The number of halogens is 2. The molecular weight excluding hydrogens is 933 g/mol. The summed E-state index contributed by atoms with van der Waals surface area (Å²) in [6, 6.07) is 22.2. The van der Waals surface area contributed by atoms with Gasteiger partial charge in [-0.05, 0) is 94.5 Å². The third-order valence-corrected chi connectivity index (χ3v) is 13.1. The van der Waals surface area contributed by atoms with Crippen LogP contribution in [-0.4, -0.2) is 124 Å². The lowest BCUT2D eigenvalue weighted by Gasteiger charge is -2.37. The molecule has 5 heterocycles. The Labute approximate surface area is 416 Å². The van der Waals surface area contributed by atoms with Gasteiger partial charge in [-0.1, -0.05) is 19.1 Å². The minimum atomic E-state index is -1.23. The molecule has 0 bridgehead atoms. The van der Waals surface area contributed by atoms with Crippen LogP contribution in [0.15, 0.2) is 109 Å². The Balaban J connectivity index is 0.847. The molecule has 0 spiro atoms. The van der Waals surface area contributed by atoms with Crippen LogP contribution in [0.5, 0.6) is 5.75 Å². The van der Waals surface area contributed by atoms with Gasteiger partial charge in [-0.2, -0.15) is 9.67 Å². The van der Waals surface area contributed by atoms with E-state index in [2.05, 4.69) is 25.0 Å². The summed E-state index contributed by atoms with van der Waals surface area (Å²) in [5.74, 6) is -1.08. The third-order valence-electron chi connectivity index (χ3n) is 13.1. The topological polar surface area (TPSA) is 179 Å². The number of aliphatic hydroxyl groups is 1. The Morgan fingerprint density at radius 3 is 2.28 bits per heavy atom. The van der Waals surface area contributed by atoms with Gasteiger partial charge in [0.1, 0.15) is 48.3 Å². The lowest BCUT2D eigenvalue weighted by Crippen LogP contribution is -2.46. The molecule has 382 valence electrons. The van der Waals surface area contributed by atoms with Crippen molar-refractivity contribution in [1.29, 1.82) is 0 Å². The Morgan fingerprint density at radius 1 is 0.944 bits per heavy atom. The maximum Gasteiger partial charge on any atom is 0.418 e. The Bertz CT molecular complexity index is 2850. The molecule has 5 atom stereocenters. The van der Waals surface area contributed by atoms with Gasteiger partial charge in [0, 0.05) is 85.9 Å². The fraction of sp³-hybridized carbons (Fsp3) is 0.431. The number of anilines is 3. The van der Waals surface area contributed by atoms with Gasteiger partial charge in [-0.15, -0.1) is 4.68 Å². The van der Waals surface area contributed by atoms with Gasteiger partial charge in [0.15, 0.2) is 0 Å². The molecule has 1 N–H and O–H groups in total. The van der Waals surface area contributed by atoms with E-state index in [1.165, 1.54) is 52.2 Å². The smallest absolute Gasteiger partial charge is 0.418 e. The maximum absolute atomic E-state index is 15.6. The molecule has 0 saturated carbocycles. The Kier molecular flexibility index (Phi) is 16.0. The molecule has 2 aliphatic heterocycles. The summed E-state index contributed by atoms with van der Waals surface area (Å²) in [4.78, 5) is 50.5. The number of esters is 1. The number of piperazine rings is 1. The molecule has 2 aliphatic rings. The van der Waals surface area contributed by atoms with E-state index in [9.17, 15) is 23.9 Å². The molecule has 0 radical (unpaired) electrons. The van der Waals surface area contributed by atoms with Crippen LogP contribution in [0.4, 0.5) is 30.8 Å². The number of pyridine rings is 1. The quantitative estimate of drug-likeness (QED) is 0.0821. The molecule has 2 fully saturated rings. The Morgan fingerprint density at radius 2 is 1.62 bits per heavy atom. The number of rotatable bonds is 19. The summed E-state index contributed by atoms with van der Waals surface area (Å²) in [6.07, 6.45) is 4.80. The molecule has 3 aromatic heterocycles. The van der Waals surface area contributed by atoms with Crippen molar-refractivity contribution in [3.63, 3.8) is 0 Å². The van der Waals surface area contributed by atoms with Crippen molar-refractivity contribution in [3.05, 3.63) is 137 Å². The van der Waals surface area contributed by atoms with E-state index in [0.717, 1.165) is 43.6 Å². The average Bonchev–Trinajstić information content (AvgIpc) is 4.12. The molecule has 8 rings (SSSR count). The number of aromatic nitrogens is 7. The number of carbonyl (C=O) groups excluding carboxylic acids is 2. The maximum atomic E-state index is 15.6. The monoisotopic (exact) mass is 994 g/mol. The second-order valence-electron chi connectivity index (χ2n) is 18.6. The Hall–Kier alpha value is -7.23. The second kappa shape index (κ2) is 22.5. The van der Waals surface area contributed by atoms with E-state index in [0.29, 0.717) is 29.8 Å². The highest BCUT2D eigenvalue weighted by Crippen LogP contribution is 2.42. The van der Waals surface area contributed by atoms with Crippen molar-refractivity contribution in [3.8, 4) is 11.4 Å². The average molecular weight is 995 g/mol. The molecule has 19 nitrogen and oxygen atoms in total. The zero-order valence-electron chi connectivity index (χ0n) is 41.4. The van der Waals surface area contributed by atoms with Crippen LogP contribution in [0, 0.1) is 17.6 Å². The van der Waals surface area contributed by atoms with E-state index in [-0.39, 0.29) is 55.9 Å². The summed E-state index contributed by atoms with van der Waals surface area (Å²) >= 11 is 0. The van der Waals surface area contributed by atoms with Crippen LogP contribution >= 0.6 is 0 Å². The highest BCUT2D eigenvalue weighted by molar-refractivity contribution is 5.86. The molecule has 2 saturated heterocycles. The SMILES string of the molecule is CC[C@@H]([C@H](C)O)n1ncn(-c2ccc(N3CCN(c4ccc(OC[C@@H]5CO[C@@](Cn6c[n+](C(C)OC(=O)N(C)c7ncccc7COC(=O)CN(C)C)cn6)(c6ccc(F)cc6F)C5)cc4)CC3)cc2)c1=O. The zero-order valence-corrected chi connectivity index (χ0v) is 41.4. The van der Waals surface area contributed by atoms with Crippen molar-refractivity contribution in [2.24, 2.45) is 5.92 Å². The summed E-state index contributed by atoms with van der Waals surface area (Å²) < 4.78 is 59.7. The van der Waals surface area contributed by atoms with Crippen LogP contribution in [0.2, 0.25) is 0 Å². The number of aliphatic hydroxyl groups excluding tert-OH is 1. The largest absolute Gasteiger partial charge is 0.493 e. The van der Waals surface area contributed by atoms with Gasteiger partial charge in [0.25, 0.3) is 6.33 Å². The van der Waals surface area contributed by atoms with Crippen molar-refractivity contribution in [2.75, 3.05) is 81.8 Å². The van der Waals surface area contributed by atoms with E-state index >= 15 is 4.39 Å². The minimum Gasteiger partial charge on any atom is -0.493 e. The van der Waals surface area contributed by atoms with Crippen LogP contribution < -0.4 is 29.7 Å². The fourth-order valence-corrected chi connectivity index (χ4v) is 9.21. The number of amides is 1. The number of benzene rings is 3.